The van der Waals surface area contributed by atoms with E-state index in [2.05, 4.69) is 14.9 Å². The molecule has 186 valence electrons. The molecule has 0 spiro atoms. The van der Waals surface area contributed by atoms with Crippen LogP contribution >= 0.6 is 0 Å². The summed E-state index contributed by atoms with van der Waals surface area (Å²) in [5.74, 6) is 0.818. The van der Waals surface area contributed by atoms with Crippen LogP contribution in [0.3, 0.4) is 0 Å². The second-order valence-corrected chi connectivity index (χ2v) is 11.3. The summed E-state index contributed by atoms with van der Waals surface area (Å²) in [7, 11) is -3.81. The number of sulfonamides is 1. The summed E-state index contributed by atoms with van der Waals surface area (Å²) in [5.41, 5.74) is 3.00. The molecule has 1 aromatic heterocycles. The van der Waals surface area contributed by atoms with Gasteiger partial charge in [0.15, 0.2) is 5.82 Å². The molecule has 4 rings (SSSR count). The topological polar surface area (TPSA) is 105 Å². The lowest BCUT2D eigenvalue weighted by molar-refractivity contribution is -0.135. The fraction of sp³-hybridized carbons (Fsp3) is 0.423. The van der Waals surface area contributed by atoms with Gasteiger partial charge in [-0.05, 0) is 56.9 Å². The highest BCUT2D eigenvalue weighted by Gasteiger charge is 2.34. The van der Waals surface area contributed by atoms with Crippen LogP contribution in [0, 0.1) is 19.8 Å². The van der Waals surface area contributed by atoms with Crippen molar-refractivity contribution in [3.05, 3.63) is 65.5 Å². The van der Waals surface area contributed by atoms with Gasteiger partial charge in [0.2, 0.25) is 15.9 Å². The third-order valence-corrected chi connectivity index (χ3v) is 7.92. The van der Waals surface area contributed by atoms with Crippen LogP contribution in [0.1, 0.15) is 49.6 Å². The van der Waals surface area contributed by atoms with Gasteiger partial charge >= 0.3 is 0 Å². The molecule has 0 unspecified atom stereocenters. The molecule has 2 heterocycles. The smallest absolute Gasteiger partial charge is 0.257 e. The first-order valence-electron chi connectivity index (χ1n) is 11.9. The minimum absolute atomic E-state index is 0.0868. The zero-order valence-corrected chi connectivity index (χ0v) is 21.4. The number of hydrogen-bond acceptors (Lipinski definition) is 6. The van der Waals surface area contributed by atoms with Crippen LogP contribution in [0.25, 0.3) is 11.5 Å². The second-order valence-electron chi connectivity index (χ2n) is 9.58. The van der Waals surface area contributed by atoms with Crippen molar-refractivity contribution in [1.29, 1.82) is 0 Å². The summed E-state index contributed by atoms with van der Waals surface area (Å²) >= 11 is 0. The Morgan fingerprint density at radius 1 is 1.00 bits per heavy atom. The van der Waals surface area contributed by atoms with Gasteiger partial charge in [0.25, 0.3) is 5.89 Å². The summed E-state index contributed by atoms with van der Waals surface area (Å²) in [5, 5.41) is 4.18. The van der Waals surface area contributed by atoms with Gasteiger partial charge in [-0.3, -0.25) is 4.79 Å². The van der Waals surface area contributed by atoms with E-state index in [0.717, 1.165) is 16.7 Å². The lowest BCUT2D eigenvalue weighted by Gasteiger charge is -2.34. The van der Waals surface area contributed by atoms with Crippen molar-refractivity contribution >= 4 is 15.9 Å². The molecule has 0 bridgehead atoms. The Kier molecular flexibility index (Phi) is 7.37. The third-order valence-electron chi connectivity index (χ3n) is 6.46. The molecule has 9 heteroatoms. The first kappa shape index (κ1) is 25.1. The maximum Gasteiger partial charge on any atom is 0.257 e. The monoisotopic (exact) mass is 496 g/mol. The Balaban J connectivity index is 1.40. The fourth-order valence-corrected chi connectivity index (χ4v) is 5.53. The quantitative estimate of drug-likeness (QED) is 0.529. The lowest BCUT2D eigenvalue weighted by Crippen LogP contribution is -2.52. The van der Waals surface area contributed by atoms with Crippen molar-refractivity contribution < 1.29 is 17.7 Å². The average Bonchev–Trinajstić information content (AvgIpc) is 3.33. The number of nitrogens with zero attached hydrogens (tertiary/aromatic N) is 3. The summed E-state index contributed by atoms with van der Waals surface area (Å²) in [4.78, 5) is 19.8. The van der Waals surface area contributed by atoms with Crippen LogP contribution < -0.4 is 4.72 Å². The van der Waals surface area contributed by atoms with E-state index in [1.165, 1.54) is 0 Å². The van der Waals surface area contributed by atoms with E-state index in [-0.39, 0.29) is 22.6 Å². The number of carbonyl (C=O) groups is 1. The van der Waals surface area contributed by atoms with E-state index in [0.29, 0.717) is 37.6 Å². The molecule has 35 heavy (non-hydrogen) atoms. The molecule has 1 atom stereocenters. The molecule has 3 aromatic rings. The number of nitrogens with one attached hydrogen (secondary N) is 1. The minimum Gasteiger partial charge on any atom is -0.341 e. The Morgan fingerprint density at radius 3 is 2.14 bits per heavy atom. The zero-order valence-electron chi connectivity index (χ0n) is 20.6. The fourth-order valence-electron chi connectivity index (χ4n) is 4.19. The molecular weight excluding hydrogens is 464 g/mol. The predicted molar refractivity (Wildman–Crippen MR) is 133 cm³/mol. The van der Waals surface area contributed by atoms with E-state index in [1.807, 2.05) is 52.0 Å². The second kappa shape index (κ2) is 10.3. The zero-order chi connectivity index (χ0) is 25.2. The number of aromatic nitrogens is 2. The molecule has 0 aliphatic carbocycles. The summed E-state index contributed by atoms with van der Waals surface area (Å²) in [6.45, 7) is 8.62. The number of aryl methyl sites for hydroxylation is 2. The summed E-state index contributed by atoms with van der Waals surface area (Å²) in [6.07, 6.45) is 1.38. The van der Waals surface area contributed by atoms with Crippen molar-refractivity contribution in [2.45, 2.75) is 57.4 Å². The van der Waals surface area contributed by atoms with E-state index in [1.54, 1.807) is 29.2 Å². The summed E-state index contributed by atoms with van der Waals surface area (Å²) in [6, 6.07) is 13.7. The minimum atomic E-state index is -3.81. The van der Waals surface area contributed by atoms with E-state index in [9.17, 15) is 13.2 Å². The number of benzene rings is 2. The Labute approximate surface area is 206 Å². The number of rotatable bonds is 7. The van der Waals surface area contributed by atoms with E-state index in [4.69, 9.17) is 4.52 Å². The van der Waals surface area contributed by atoms with Crippen molar-refractivity contribution in [3.63, 3.8) is 0 Å². The van der Waals surface area contributed by atoms with Crippen molar-refractivity contribution in [2.75, 3.05) is 13.1 Å². The number of piperidine rings is 1. The number of hydrogen-bond donors (Lipinski definition) is 1. The highest BCUT2D eigenvalue weighted by atomic mass is 32.2. The predicted octanol–water partition coefficient (Wildman–Crippen LogP) is 4.06. The van der Waals surface area contributed by atoms with Crippen LogP contribution in [0.4, 0.5) is 0 Å². The van der Waals surface area contributed by atoms with Gasteiger partial charge in [-0.25, -0.2) is 8.42 Å². The van der Waals surface area contributed by atoms with Crippen molar-refractivity contribution in [1.82, 2.24) is 19.8 Å². The van der Waals surface area contributed by atoms with Crippen LogP contribution in [0.2, 0.25) is 0 Å². The van der Waals surface area contributed by atoms with Gasteiger partial charge in [-0.2, -0.15) is 9.71 Å². The van der Waals surface area contributed by atoms with Gasteiger partial charge in [-0.1, -0.05) is 54.4 Å². The molecular formula is C26H32N4O4S. The van der Waals surface area contributed by atoms with Crippen LogP contribution in [0.15, 0.2) is 57.9 Å². The van der Waals surface area contributed by atoms with Gasteiger partial charge in [0.1, 0.15) is 6.04 Å². The molecule has 0 radical (unpaired) electrons. The standard InChI is InChI=1S/C26H32N4O4S/c1-17(2)23(29-35(32,33)22-11-7-19(4)8-12-22)26(31)30-15-13-20(14-16-30)24-27-25(34-28-24)21-9-5-18(3)6-10-21/h5-12,17,20,23,29H,13-16H2,1-4H3/t23-/m0/s1. The number of amides is 1. The molecule has 1 aliphatic rings. The first-order chi connectivity index (χ1) is 16.6. The average molecular weight is 497 g/mol. The molecule has 0 saturated carbocycles. The van der Waals surface area contributed by atoms with Crippen molar-refractivity contribution in [3.8, 4) is 11.5 Å². The highest BCUT2D eigenvalue weighted by molar-refractivity contribution is 7.89. The SMILES string of the molecule is Cc1ccc(-c2nc(C3CCN(C(=O)[C@@H](NS(=O)(=O)c4ccc(C)cc4)C(C)C)CC3)no2)cc1. The normalized spacial score (nSPS) is 16.0. The highest BCUT2D eigenvalue weighted by Crippen LogP contribution is 2.29. The molecule has 1 saturated heterocycles. The molecule has 8 nitrogen and oxygen atoms in total. The van der Waals surface area contributed by atoms with Gasteiger partial charge in [0, 0.05) is 24.6 Å². The van der Waals surface area contributed by atoms with Gasteiger partial charge in [-0.15, -0.1) is 0 Å². The van der Waals surface area contributed by atoms with Crippen LogP contribution in [-0.4, -0.2) is 48.5 Å². The number of likely N-dealkylation sites (tertiary alicyclic amines) is 1. The van der Waals surface area contributed by atoms with Gasteiger partial charge in [0.05, 0.1) is 4.90 Å². The molecule has 1 aliphatic heterocycles. The lowest BCUT2D eigenvalue weighted by atomic mass is 9.94. The van der Waals surface area contributed by atoms with Gasteiger partial charge < -0.3 is 9.42 Å². The van der Waals surface area contributed by atoms with Crippen molar-refractivity contribution in [2.24, 2.45) is 5.92 Å². The molecule has 1 amide bonds. The largest absolute Gasteiger partial charge is 0.341 e. The summed E-state index contributed by atoms with van der Waals surface area (Å²) < 4.78 is 33.9. The molecule has 2 aromatic carbocycles. The van der Waals surface area contributed by atoms with E-state index >= 15 is 0 Å². The maximum absolute atomic E-state index is 13.3. The molecule has 1 fully saturated rings. The van der Waals surface area contributed by atoms with E-state index < -0.39 is 16.1 Å². The maximum atomic E-state index is 13.3. The Morgan fingerprint density at radius 2 is 1.57 bits per heavy atom. The number of carbonyl (C=O) groups excluding carboxylic acids is 1. The Hall–Kier alpha value is -3.04. The Bertz CT molecular complexity index is 1260. The third kappa shape index (κ3) is 5.79. The van der Waals surface area contributed by atoms with Crippen LogP contribution in [-0.2, 0) is 14.8 Å². The molecule has 1 N–H and O–H groups in total. The first-order valence-corrected chi connectivity index (χ1v) is 13.4. The van der Waals surface area contributed by atoms with Crippen LogP contribution in [0.5, 0.6) is 0 Å².